The number of nitrogens with zero attached hydrogens (tertiary/aromatic N) is 2. The van der Waals surface area contributed by atoms with Crippen molar-refractivity contribution < 1.29 is 0 Å². The maximum Gasteiger partial charge on any atom is 0.0769 e. The Kier molecular flexibility index (Phi) is 6.69. The summed E-state index contributed by atoms with van der Waals surface area (Å²) in [5.41, 5.74) is 2.01. The van der Waals surface area contributed by atoms with E-state index in [1.165, 1.54) is 0 Å². The van der Waals surface area contributed by atoms with Gasteiger partial charge in [-0.3, -0.25) is 0 Å². The lowest BCUT2D eigenvalue weighted by Gasteiger charge is -2.04. The zero-order valence-corrected chi connectivity index (χ0v) is 10.3. The molecule has 16 heavy (non-hydrogen) atoms. The van der Waals surface area contributed by atoms with Gasteiger partial charge in [-0.15, -0.1) is 0 Å². The van der Waals surface area contributed by atoms with E-state index in [2.05, 4.69) is 34.7 Å². The smallest absolute Gasteiger partial charge is 0.0769 e. The predicted molar refractivity (Wildman–Crippen MR) is 66.0 cm³/mol. The molecule has 4 heteroatoms. The summed E-state index contributed by atoms with van der Waals surface area (Å²) < 4.78 is 0. The van der Waals surface area contributed by atoms with Crippen LogP contribution in [0.15, 0.2) is 12.1 Å². The van der Waals surface area contributed by atoms with Gasteiger partial charge in [0.25, 0.3) is 0 Å². The van der Waals surface area contributed by atoms with Crippen LogP contribution in [0.1, 0.15) is 38.1 Å². The van der Waals surface area contributed by atoms with Crippen molar-refractivity contribution in [3.63, 3.8) is 0 Å². The van der Waals surface area contributed by atoms with Gasteiger partial charge in [-0.1, -0.05) is 13.8 Å². The minimum Gasteiger partial charge on any atom is -0.311 e. The van der Waals surface area contributed by atoms with Crippen LogP contribution in [0.25, 0.3) is 0 Å². The maximum absolute atomic E-state index is 4.18. The van der Waals surface area contributed by atoms with Gasteiger partial charge in [-0.05, 0) is 38.1 Å². The average Bonchev–Trinajstić information content (AvgIpc) is 2.32. The molecule has 0 unspecified atom stereocenters. The van der Waals surface area contributed by atoms with Gasteiger partial charge >= 0.3 is 0 Å². The highest BCUT2D eigenvalue weighted by atomic mass is 15.1. The first-order valence-corrected chi connectivity index (χ1v) is 6.09. The van der Waals surface area contributed by atoms with Gasteiger partial charge in [-0.2, -0.15) is 10.2 Å². The Labute approximate surface area is 97.9 Å². The van der Waals surface area contributed by atoms with Crippen LogP contribution < -0.4 is 10.6 Å². The maximum atomic E-state index is 4.18. The van der Waals surface area contributed by atoms with Crippen LogP contribution in [0.4, 0.5) is 0 Å². The summed E-state index contributed by atoms with van der Waals surface area (Å²) >= 11 is 0. The monoisotopic (exact) mass is 222 g/mol. The minimum atomic E-state index is 0.809. The van der Waals surface area contributed by atoms with Crippen LogP contribution in [-0.4, -0.2) is 23.3 Å². The lowest BCUT2D eigenvalue weighted by molar-refractivity contribution is 0.636. The van der Waals surface area contributed by atoms with E-state index >= 15 is 0 Å². The Morgan fingerprint density at radius 1 is 0.875 bits per heavy atom. The van der Waals surface area contributed by atoms with E-state index in [9.17, 15) is 0 Å². The van der Waals surface area contributed by atoms with Crippen LogP contribution in [-0.2, 0) is 13.1 Å². The van der Waals surface area contributed by atoms with Crippen LogP contribution in [0.3, 0.4) is 0 Å². The van der Waals surface area contributed by atoms with Crippen molar-refractivity contribution >= 4 is 0 Å². The Morgan fingerprint density at radius 2 is 1.31 bits per heavy atom. The van der Waals surface area contributed by atoms with E-state index in [1.807, 2.05) is 12.1 Å². The molecule has 1 rings (SSSR count). The normalized spacial score (nSPS) is 10.6. The number of hydrogen-bond acceptors (Lipinski definition) is 4. The molecule has 0 amide bonds. The molecule has 4 nitrogen and oxygen atoms in total. The van der Waals surface area contributed by atoms with E-state index in [0.29, 0.717) is 0 Å². The fourth-order valence-electron chi connectivity index (χ4n) is 1.36. The quantitative estimate of drug-likeness (QED) is 0.654. The minimum absolute atomic E-state index is 0.809. The Hall–Kier alpha value is -1.00. The fourth-order valence-corrected chi connectivity index (χ4v) is 1.36. The third-order valence-electron chi connectivity index (χ3n) is 2.24. The highest BCUT2D eigenvalue weighted by molar-refractivity contribution is 5.06. The second-order valence-corrected chi connectivity index (χ2v) is 3.87. The van der Waals surface area contributed by atoms with Crippen molar-refractivity contribution in [2.45, 2.75) is 39.8 Å². The summed E-state index contributed by atoms with van der Waals surface area (Å²) in [7, 11) is 0. The van der Waals surface area contributed by atoms with Gasteiger partial charge in [0.1, 0.15) is 0 Å². The highest BCUT2D eigenvalue weighted by Crippen LogP contribution is 1.96. The fraction of sp³-hybridized carbons (Fsp3) is 0.667. The van der Waals surface area contributed by atoms with E-state index in [0.717, 1.165) is 50.4 Å². The molecule has 0 aliphatic heterocycles. The average molecular weight is 222 g/mol. The summed E-state index contributed by atoms with van der Waals surface area (Å²) in [6, 6.07) is 4.08. The molecule has 0 spiro atoms. The molecule has 0 fully saturated rings. The van der Waals surface area contributed by atoms with Crippen LogP contribution in [0.5, 0.6) is 0 Å². The second-order valence-electron chi connectivity index (χ2n) is 3.87. The predicted octanol–water partition coefficient (Wildman–Crippen LogP) is 1.48. The van der Waals surface area contributed by atoms with Crippen molar-refractivity contribution in [2.24, 2.45) is 0 Å². The standard InChI is InChI=1S/C12H22N4/c1-3-7-13-9-11-5-6-12(16-15-11)10-14-8-4-2/h5-6,13-14H,3-4,7-10H2,1-2H3. The van der Waals surface area contributed by atoms with Gasteiger partial charge in [0.05, 0.1) is 11.4 Å². The summed E-state index contributed by atoms with van der Waals surface area (Å²) in [5, 5.41) is 15.0. The zero-order valence-electron chi connectivity index (χ0n) is 10.3. The van der Waals surface area contributed by atoms with Gasteiger partial charge in [0, 0.05) is 13.1 Å². The van der Waals surface area contributed by atoms with Crippen molar-refractivity contribution in [1.82, 2.24) is 20.8 Å². The third-order valence-corrected chi connectivity index (χ3v) is 2.24. The molecular formula is C12H22N4. The Morgan fingerprint density at radius 3 is 1.62 bits per heavy atom. The van der Waals surface area contributed by atoms with E-state index in [4.69, 9.17) is 0 Å². The number of rotatable bonds is 8. The molecule has 1 aromatic heterocycles. The summed E-state index contributed by atoms with van der Waals surface area (Å²) in [6.07, 6.45) is 2.29. The summed E-state index contributed by atoms with van der Waals surface area (Å²) in [5.74, 6) is 0. The molecule has 0 saturated heterocycles. The molecule has 0 aliphatic carbocycles. The van der Waals surface area contributed by atoms with E-state index in [-0.39, 0.29) is 0 Å². The molecule has 1 aromatic rings. The van der Waals surface area contributed by atoms with Gasteiger partial charge in [0.2, 0.25) is 0 Å². The van der Waals surface area contributed by atoms with Crippen molar-refractivity contribution in [3.8, 4) is 0 Å². The van der Waals surface area contributed by atoms with Crippen molar-refractivity contribution in [1.29, 1.82) is 0 Å². The molecule has 1 heterocycles. The van der Waals surface area contributed by atoms with Gasteiger partial charge in [-0.25, -0.2) is 0 Å². The molecule has 0 radical (unpaired) electrons. The zero-order chi connectivity index (χ0) is 11.6. The molecule has 90 valence electrons. The number of aromatic nitrogens is 2. The first-order chi connectivity index (χ1) is 7.86. The van der Waals surface area contributed by atoms with Crippen molar-refractivity contribution in [2.75, 3.05) is 13.1 Å². The molecule has 0 atom stereocenters. The topological polar surface area (TPSA) is 49.8 Å². The van der Waals surface area contributed by atoms with E-state index in [1.54, 1.807) is 0 Å². The largest absolute Gasteiger partial charge is 0.311 e. The molecular weight excluding hydrogens is 200 g/mol. The van der Waals surface area contributed by atoms with Gasteiger partial charge in [0.15, 0.2) is 0 Å². The van der Waals surface area contributed by atoms with Crippen LogP contribution >= 0.6 is 0 Å². The van der Waals surface area contributed by atoms with Crippen molar-refractivity contribution in [3.05, 3.63) is 23.5 Å². The lowest BCUT2D eigenvalue weighted by atomic mass is 10.3. The van der Waals surface area contributed by atoms with Gasteiger partial charge < -0.3 is 10.6 Å². The molecule has 0 aliphatic rings. The van der Waals surface area contributed by atoms with Crippen LogP contribution in [0.2, 0.25) is 0 Å². The number of hydrogen-bond donors (Lipinski definition) is 2. The Bertz CT molecular complexity index is 242. The highest BCUT2D eigenvalue weighted by Gasteiger charge is 1.97. The summed E-state index contributed by atoms with van der Waals surface area (Å²) in [4.78, 5) is 0. The molecule has 0 aromatic carbocycles. The third kappa shape index (κ3) is 5.19. The van der Waals surface area contributed by atoms with Crippen LogP contribution in [0, 0.1) is 0 Å². The van der Waals surface area contributed by atoms with E-state index < -0.39 is 0 Å². The first kappa shape index (κ1) is 13.1. The SMILES string of the molecule is CCCNCc1ccc(CNCCC)nn1. The molecule has 0 saturated carbocycles. The molecule has 2 N–H and O–H groups in total. The summed E-state index contributed by atoms with van der Waals surface area (Å²) in [6.45, 7) is 7.98. The lowest BCUT2D eigenvalue weighted by Crippen LogP contribution is -2.17. The second kappa shape index (κ2) is 8.19. The Balaban J connectivity index is 2.30. The number of nitrogens with one attached hydrogen (secondary N) is 2. The molecule has 0 bridgehead atoms. The first-order valence-electron chi connectivity index (χ1n) is 6.09.